The number of carbonyl (C=O) groups is 1. The monoisotopic (exact) mass is 353 g/mol. The topological polar surface area (TPSA) is 65.5 Å². The fourth-order valence-corrected chi connectivity index (χ4v) is 3.21. The number of amides is 1. The van der Waals surface area contributed by atoms with Crippen molar-refractivity contribution in [3.8, 4) is 0 Å². The Hall–Kier alpha value is -2.40. The van der Waals surface area contributed by atoms with Crippen LogP contribution in [0.5, 0.6) is 0 Å². The number of nitrogens with one attached hydrogen (secondary N) is 1. The summed E-state index contributed by atoms with van der Waals surface area (Å²) in [6.07, 6.45) is 3.40. The van der Waals surface area contributed by atoms with Gasteiger partial charge in [0.2, 0.25) is 0 Å². The molecule has 0 aliphatic carbocycles. The first-order valence-corrected chi connectivity index (χ1v) is 9.24. The Morgan fingerprint density at radius 1 is 1.35 bits per heavy atom. The molecule has 1 aromatic carbocycles. The van der Waals surface area contributed by atoms with Gasteiger partial charge in [-0.15, -0.1) is 0 Å². The minimum absolute atomic E-state index is 0.0272. The third-order valence-electron chi connectivity index (χ3n) is 5.44. The van der Waals surface area contributed by atoms with Gasteiger partial charge in [-0.05, 0) is 43.0 Å². The largest absolute Gasteiger partial charge is 0.388 e. The van der Waals surface area contributed by atoms with Crippen molar-refractivity contribution in [1.29, 1.82) is 0 Å². The van der Waals surface area contributed by atoms with Gasteiger partial charge in [0.05, 0.1) is 11.2 Å². The van der Waals surface area contributed by atoms with E-state index in [1.165, 1.54) is 5.56 Å². The molecule has 1 aliphatic heterocycles. The van der Waals surface area contributed by atoms with Crippen LogP contribution in [0.15, 0.2) is 42.6 Å². The number of nitrogens with zero attached hydrogens (tertiary/aromatic N) is 2. The molecule has 3 rings (SSSR count). The molecular formula is C21H27N3O2. The first-order chi connectivity index (χ1) is 12.4. The average molecular weight is 353 g/mol. The Morgan fingerprint density at radius 2 is 2.12 bits per heavy atom. The molecule has 2 N–H and O–H groups in total. The van der Waals surface area contributed by atoms with E-state index >= 15 is 0 Å². The third kappa shape index (κ3) is 3.73. The van der Waals surface area contributed by atoms with E-state index in [9.17, 15) is 9.90 Å². The maximum absolute atomic E-state index is 12.8. The normalized spacial score (nSPS) is 16.7. The summed E-state index contributed by atoms with van der Waals surface area (Å²) in [5.41, 5.74) is 1.97. The summed E-state index contributed by atoms with van der Waals surface area (Å²) in [5.74, 6) is 0.818. The van der Waals surface area contributed by atoms with Crippen molar-refractivity contribution in [2.75, 3.05) is 23.3 Å². The zero-order valence-corrected chi connectivity index (χ0v) is 15.7. The SMILES string of the molecule is CCC(C)C(C)(O)CNc1ccc(C(=O)N2CCc3ccccc32)cn1. The highest BCUT2D eigenvalue weighted by Crippen LogP contribution is 2.29. The number of anilines is 2. The van der Waals surface area contributed by atoms with Gasteiger partial charge in [-0.2, -0.15) is 0 Å². The van der Waals surface area contributed by atoms with E-state index in [1.807, 2.05) is 36.9 Å². The zero-order chi connectivity index (χ0) is 18.7. The maximum atomic E-state index is 12.8. The van der Waals surface area contributed by atoms with Gasteiger partial charge in [-0.1, -0.05) is 38.5 Å². The minimum atomic E-state index is -0.801. The molecule has 2 atom stereocenters. The van der Waals surface area contributed by atoms with Gasteiger partial charge < -0.3 is 15.3 Å². The molecule has 1 amide bonds. The number of para-hydroxylation sites is 1. The van der Waals surface area contributed by atoms with Crippen molar-refractivity contribution in [1.82, 2.24) is 4.98 Å². The molecule has 5 heteroatoms. The summed E-state index contributed by atoms with van der Waals surface area (Å²) in [7, 11) is 0. The Bertz CT molecular complexity index is 771. The molecule has 2 heterocycles. The quantitative estimate of drug-likeness (QED) is 0.834. The van der Waals surface area contributed by atoms with Crippen LogP contribution in [-0.4, -0.2) is 34.7 Å². The molecule has 26 heavy (non-hydrogen) atoms. The molecule has 0 radical (unpaired) electrons. The lowest BCUT2D eigenvalue weighted by molar-refractivity contribution is 0.0175. The van der Waals surface area contributed by atoms with E-state index in [-0.39, 0.29) is 11.8 Å². The number of benzene rings is 1. The minimum Gasteiger partial charge on any atom is -0.388 e. The molecule has 2 aromatic rings. The second kappa shape index (κ2) is 7.46. The maximum Gasteiger partial charge on any atom is 0.259 e. The number of pyridine rings is 1. The lowest BCUT2D eigenvalue weighted by atomic mass is 9.89. The van der Waals surface area contributed by atoms with Crippen LogP contribution >= 0.6 is 0 Å². The second-order valence-corrected chi connectivity index (χ2v) is 7.29. The van der Waals surface area contributed by atoms with Crippen LogP contribution in [-0.2, 0) is 6.42 Å². The van der Waals surface area contributed by atoms with Crippen molar-refractivity contribution in [3.05, 3.63) is 53.7 Å². The van der Waals surface area contributed by atoms with E-state index in [2.05, 4.69) is 23.3 Å². The van der Waals surface area contributed by atoms with Gasteiger partial charge in [0, 0.05) is 25.0 Å². The molecule has 0 saturated heterocycles. The van der Waals surface area contributed by atoms with E-state index in [0.717, 1.165) is 18.5 Å². The van der Waals surface area contributed by atoms with Crippen molar-refractivity contribution < 1.29 is 9.90 Å². The number of carbonyl (C=O) groups excluding carboxylic acids is 1. The molecule has 0 bridgehead atoms. The summed E-state index contributed by atoms with van der Waals surface area (Å²) in [6, 6.07) is 11.6. The number of hydrogen-bond acceptors (Lipinski definition) is 4. The summed E-state index contributed by atoms with van der Waals surface area (Å²) in [5, 5.41) is 13.6. The molecule has 5 nitrogen and oxygen atoms in total. The number of hydrogen-bond donors (Lipinski definition) is 2. The van der Waals surface area contributed by atoms with Gasteiger partial charge in [0.25, 0.3) is 5.91 Å². The van der Waals surface area contributed by atoms with Crippen LogP contribution in [0.1, 0.15) is 43.1 Å². The fraction of sp³-hybridized carbons (Fsp3) is 0.429. The molecule has 0 saturated carbocycles. The van der Waals surface area contributed by atoms with E-state index < -0.39 is 5.60 Å². The first-order valence-electron chi connectivity index (χ1n) is 9.24. The van der Waals surface area contributed by atoms with Crippen molar-refractivity contribution in [3.63, 3.8) is 0 Å². The lowest BCUT2D eigenvalue weighted by Crippen LogP contribution is -2.40. The lowest BCUT2D eigenvalue weighted by Gasteiger charge is -2.30. The Morgan fingerprint density at radius 3 is 2.81 bits per heavy atom. The molecular weight excluding hydrogens is 326 g/mol. The predicted octanol–water partition coefficient (Wildman–Crippen LogP) is 3.49. The zero-order valence-electron chi connectivity index (χ0n) is 15.7. The number of aromatic nitrogens is 1. The standard InChI is InChI=1S/C21H27N3O2/c1-4-15(2)21(3,26)14-23-19-10-9-17(13-22-19)20(25)24-12-11-16-7-5-6-8-18(16)24/h5-10,13,15,26H,4,11-12,14H2,1-3H3,(H,22,23). The van der Waals surface area contributed by atoms with Crippen LogP contribution in [0, 0.1) is 5.92 Å². The van der Waals surface area contributed by atoms with Gasteiger partial charge >= 0.3 is 0 Å². The second-order valence-electron chi connectivity index (χ2n) is 7.29. The van der Waals surface area contributed by atoms with E-state index in [1.54, 1.807) is 18.3 Å². The van der Waals surface area contributed by atoms with Gasteiger partial charge in [-0.3, -0.25) is 4.79 Å². The van der Waals surface area contributed by atoms with Gasteiger partial charge in [0.15, 0.2) is 0 Å². The van der Waals surface area contributed by atoms with E-state index in [0.29, 0.717) is 24.5 Å². The van der Waals surface area contributed by atoms with Crippen LogP contribution in [0.2, 0.25) is 0 Å². The highest BCUT2D eigenvalue weighted by Gasteiger charge is 2.27. The van der Waals surface area contributed by atoms with Crippen LogP contribution in [0.4, 0.5) is 11.5 Å². The first kappa shape index (κ1) is 18.4. The van der Waals surface area contributed by atoms with E-state index in [4.69, 9.17) is 0 Å². The number of aliphatic hydroxyl groups is 1. The Balaban J connectivity index is 1.66. The number of fused-ring (bicyclic) bond motifs is 1. The predicted molar refractivity (Wildman–Crippen MR) is 105 cm³/mol. The molecule has 1 aromatic heterocycles. The summed E-state index contributed by atoms with van der Waals surface area (Å²) in [4.78, 5) is 19.0. The van der Waals surface area contributed by atoms with Crippen LogP contribution < -0.4 is 10.2 Å². The summed E-state index contributed by atoms with van der Waals surface area (Å²) < 4.78 is 0. The third-order valence-corrected chi connectivity index (χ3v) is 5.44. The summed E-state index contributed by atoms with van der Waals surface area (Å²) in [6.45, 7) is 7.05. The molecule has 0 spiro atoms. The Labute approximate surface area is 155 Å². The van der Waals surface area contributed by atoms with Crippen LogP contribution in [0.25, 0.3) is 0 Å². The molecule has 138 valence electrons. The number of rotatable bonds is 6. The highest BCUT2D eigenvalue weighted by atomic mass is 16.3. The van der Waals surface area contributed by atoms with Crippen molar-refractivity contribution in [2.24, 2.45) is 5.92 Å². The Kier molecular flexibility index (Phi) is 5.28. The summed E-state index contributed by atoms with van der Waals surface area (Å²) >= 11 is 0. The van der Waals surface area contributed by atoms with Gasteiger partial charge in [0.1, 0.15) is 5.82 Å². The molecule has 0 fully saturated rings. The fourth-order valence-electron chi connectivity index (χ4n) is 3.21. The van der Waals surface area contributed by atoms with Crippen LogP contribution in [0.3, 0.4) is 0 Å². The smallest absolute Gasteiger partial charge is 0.259 e. The highest BCUT2D eigenvalue weighted by molar-refractivity contribution is 6.07. The van der Waals surface area contributed by atoms with Gasteiger partial charge in [-0.25, -0.2) is 4.98 Å². The van der Waals surface area contributed by atoms with Crippen molar-refractivity contribution in [2.45, 2.75) is 39.2 Å². The average Bonchev–Trinajstić information content (AvgIpc) is 3.09. The molecule has 1 aliphatic rings. The molecule has 2 unspecified atom stereocenters. The van der Waals surface area contributed by atoms with Crippen molar-refractivity contribution >= 4 is 17.4 Å².